The van der Waals surface area contributed by atoms with Crippen molar-refractivity contribution in [1.29, 1.82) is 0 Å². The number of hydrogen-bond acceptors (Lipinski definition) is 6. The van der Waals surface area contributed by atoms with E-state index in [-0.39, 0.29) is 11.6 Å². The first-order chi connectivity index (χ1) is 17.0. The zero-order valence-corrected chi connectivity index (χ0v) is 21.4. The Hall–Kier alpha value is -3.58. The number of hydrogen-bond donors (Lipinski definition) is 0. The molecule has 0 radical (unpaired) electrons. The Morgan fingerprint density at radius 1 is 0.914 bits per heavy atom. The molecule has 0 unspecified atom stereocenters. The van der Waals surface area contributed by atoms with E-state index in [1.165, 1.54) is 7.11 Å². The Labute approximate surface area is 212 Å². The first-order valence-corrected chi connectivity index (χ1v) is 12.0. The van der Waals surface area contributed by atoms with E-state index in [0.717, 1.165) is 22.4 Å². The summed E-state index contributed by atoms with van der Waals surface area (Å²) >= 11 is 3.46. The molecule has 0 aliphatic heterocycles. The van der Waals surface area contributed by atoms with Crippen molar-refractivity contribution < 1.29 is 23.5 Å². The number of rotatable bonds is 9. The van der Waals surface area contributed by atoms with Crippen LogP contribution in [0.5, 0.6) is 11.5 Å². The van der Waals surface area contributed by atoms with Gasteiger partial charge in [-0.1, -0.05) is 79.7 Å². The lowest BCUT2D eigenvalue weighted by atomic mass is 9.97. The van der Waals surface area contributed by atoms with Crippen LogP contribution in [-0.2, 0) is 18.0 Å². The molecule has 35 heavy (non-hydrogen) atoms. The monoisotopic (exact) mass is 535 g/mol. The van der Waals surface area contributed by atoms with Gasteiger partial charge in [-0.15, -0.1) is 0 Å². The number of aromatic nitrogens is 1. The fourth-order valence-electron chi connectivity index (χ4n) is 3.59. The lowest BCUT2D eigenvalue weighted by Gasteiger charge is -2.19. The van der Waals surface area contributed by atoms with Crippen molar-refractivity contribution in [3.05, 3.63) is 99.7 Å². The van der Waals surface area contributed by atoms with Crippen molar-refractivity contribution in [3.8, 4) is 22.8 Å². The maximum Gasteiger partial charge on any atom is 0.361 e. The lowest BCUT2D eigenvalue weighted by Crippen LogP contribution is -2.04. The lowest BCUT2D eigenvalue weighted by molar-refractivity contribution is 0.0588. The first kappa shape index (κ1) is 24.5. The molecular weight excluding hydrogens is 510 g/mol. The minimum absolute atomic E-state index is 0.0620. The third-order valence-electron chi connectivity index (χ3n) is 5.47. The number of benzene rings is 3. The summed E-state index contributed by atoms with van der Waals surface area (Å²) in [4.78, 5) is 12.1. The van der Waals surface area contributed by atoms with E-state index in [0.29, 0.717) is 34.8 Å². The standard InChI is InChI=1S/C28H26BrNO5/c1-18(2)21-14-22(27-25(29)26(30-35-27)28(31)32-3)24(34-17-20-12-8-5-9-13-20)15-23(21)33-16-19-10-6-4-7-11-19/h4-15,18H,16-17H2,1-3H3. The number of nitrogens with zero attached hydrogens (tertiary/aromatic N) is 1. The van der Waals surface area contributed by atoms with E-state index in [2.05, 4.69) is 34.9 Å². The topological polar surface area (TPSA) is 70.8 Å². The highest BCUT2D eigenvalue weighted by molar-refractivity contribution is 9.10. The molecule has 1 heterocycles. The number of esters is 1. The van der Waals surface area contributed by atoms with Gasteiger partial charge in [-0.2, -0.15) is 0 Å². The van der Waals surface area contributed by atoms with E-state index in [4.69, 9.17) is 18.7 Å². The molecule has 0 bridgehead atoms. The highest BCUT2D eigenvalue weighted by Gasteiger charge is 2.26. The van der Waals surface area contributed by atoms with Gasteiger partial charge < -0.3 is 18.7 Å². The van der Waals surface area contributed by atoms with Crippen molar-refractivity contribution >= 4 is 21.9 Å². The number of ether oxygens (including phenoxy) is 3. The first-order valence-electron chi connectivity index (χ1n) is 11.2. The summed E-state index contributed by atoms with van der Waals surface area (Å²) in [5, 5.41) is 3.91. The average Bonchev–Trinajstić information content (AvgIpc) is 3.27. The molecule has 4 rings (SSSR count). The van der Waals surface area contributed by atoms with Gasteiger partial charge in [0.1, 0.15) is 29.2 Å². The Morgan fingerprint density at radius 2 is 1.49 bits per heavy atom. The minimum atomic E-state index is -0.592. The fourth-order valence-corrected chi connectivity index (χ4v) is 4.11. The van der Waals surface area contributed by atoms with Gasteiger partial charge in [0.05, 0.1) is 12.7 Å². The zero-order chi connectivity index (χ0) is 24.8. The van der Waals surface area contributed by atoms with Crippen LogP contribution in [0.3, 0.4) is 0 Å². The van der Waals surface area contributed by atoms with Crippen LogP contribution < -0.4 is 9.47 Å². The second-order valence-corrected chi connectivity index (χ2v) is 9.05. The van der Waals surface area contributed by atoms with Crippen molar-refractivity contribution in [2.45, 2.75) is 33.0 Å². The van der Waals surface area contributed by atoms with Crippen LogP contribution in [-0.4, -0.2) is 18.2 Å². The van der Waals surface area contributed by atoms with Gasteiger partial charge in [0.25, 0.3) is 0 Å². The molecule has 0 saturated carbocycles. The smallest absolute Gasteiger partial charge is 0.361 e. The summed E-state index contributed by atoms with van der Waals surface area (Å²) in [5.41, 5.74) is 3.79. The van der Waals surface area contributed by atoms with Crippen LogP contribution in [0.1, 0.15) is 46.9 Å². The van der Waals surface area contributed by atoms with E-state index >= 15 is 0 Å². The van der Waals surface area contributed by atoms with Gasteiger partial charge in [-0.3, -0.25) is 0 Å². The Balaban J connectivity index is 1.76. The zero-order valence-electron chi connectivity index (χ0n) is 19.8. The van der Waals surface area contributed by atoms with E-state index in [1.54, 1.807) is 0 Å². The summed E-state index contributed by atoms with van der Waals surface area (Å²) in [7, 11) is 1.30. The van der Waals surface area contributed by atoms with Crippen LogP contribution in [0.2, 0.25) is 0 Å². The molecule has 6 nitrogen and oxygen atoms in total. The largest absolute Gasteiger partial charge is 0.488 e. The van der Waals surface area contributed by atoms with E-state index < -0.39 is 5.97 Å². The van der Waals surface area contributed by atoms with Gasteiger partial charge in [0, 0.05) is 6.07 Å². The predicted molar refractivity (Wildman–Crippen MR) is 137 cm³/mol. The predicted octanol–water partition coefficient (Wildman–Crippen LogP) is 7.17. The Bertz CT molecular complexity index is 1290. The Morgan fingerprint density at radius 3 is 2.03 bits per heavy atom. The SMILES string of the molecule is COC(=O)c1noc(-c2cc(C(C)C)c(OCc3ccccc3)cc2OCc2ccccc2)c1Br. The molecule has 0 aliphatic rings. The number of carbonyl (C=O) groups excluding carboxylic acids is 1. The summed E-state index contributed by atoms with van der Waals surface area (Å²) in [5.74, 6) is 1.22. The number of methoxy groups -OCH3 is 1. The molecule has 0 amide bonds. The van der Waals surface area contributed by atoms with Gasteiger partial charge in [-0.25, -0.2) is 4.79 Å². The normalized spacial score (nSPS) is 10.9. The summed E-state index contributed by atoms with van der Waals surface area (Å²) in [6.07, 6.45) is 0. The molecule has 3 aromatic carbocycles. The molecule has 0 fully saturated rings. The van der Waals surface area contributed by atoms with E-state index in [9.17, 15) is 4.79 Å². The quantitative estimate of drug-likeness (QED) is 0.211. The molecule has 0 atom stereocenters. The molecule has 7 heteroatoms. The van der Waals surface area contributed by atoms with Crippen molar-refractivity contribution in [1.82, 2.24) is 5.16 Å². The van der Waals surface area contributed by atoms with Crippen LogP contribution in [0.15, 0.2) is 81.8 Å². The average molecular weight is 536 g/mol. The maximum absolute atomic E-state index is 12.1. The highest BCUT2D eigenvalue weighted by atomic mass is 79.9. The van der Waals surface area contributed by atoms with Crippen LogP contribution in [0.4, 0.5) is 0 Å². The molecule has 1 aromatic heterocycles. The third-order valence-corrected chi connectivity index (χ3v) is 6.20. The fraction of sp³-hybridized carbons (Fsp3) is 0.214. The maximum atomic E-state index is 12.1. The second-order valence-electron chi connectivity index (χ2n) is 8.26. The van der Waals surface area contributed by atoms with Gasteiger partial charge in [0.15, 0.2) is 5.76 Å². The van der Waals surface area contributed by atoms with Crippen LogP contribution in [0, 0.1) is 0 Å². The van der Waals surface area contributed by atoms with Crippen molar-refractivity contribution in [2.24, 2.45) is 0 Å². The molecule has 0 aliphatic carbocycles. The summed E-state index contributed by atoms with van der Waals surface area (Å²) < 4.78 is 23.3. The second kappa shape index (κ2) is 11.2. The molecule has 0 spiro atoms. The Kier molecular flexibility index (Phi) is 7.87. The molecule has 180 valence electrons. The molecule has 4 aromatic rings. The van der Waals surface area contributed by atoms with Crippen LogP contribution >= 0.6 is 15.9 Å². The summed E-state index contributed by atoms with van der Waals surface area (Å²) in [6, 6.07) is 23.7. The summed E-state index contributed by atoms with van der Waals surface area (Å²) in [6.45, 7) is 4.96. The number of carbonyl (C=O) groups is 1. The van der Waals surface area contributed by atoms with Crippen molar-refractivity contribution in [3.63, 3.8) is 0 Å². The van der Waals surface area contributed by atoms with Gasteiger partial charge >= 0.3 is 5.97 Å². The minimum Gasteiger partial charge on any atom is -0.488 e. The number of halogens is 1. The van der Waals surface area contributed by atoms with Crippen molar-refractivity contribution in [2.75, 3.05) is 7.11 Å². The molecule has 0 saturated heterocycles. The molecular formula is C28H26BrNO5. The van der Waals surface area contributed by atoms with E-state index in [1.807, 2.05) is 72.8 Å². The molecule has 0 N–H and O–H groups in total. The van der Waals surface area contributed by atoms with Gasteiger partial charge in [0.2, 0.25) is 5.69 Å². The third kappa shape index (κ3) is 5.74. The van der Waals surface area contributed by atoms with Crippen LogP contribution in [0.25, 0.3) is 11.3 Å². The highest BCUT2D eigenvalue weighted by Crippen LogP contribution is 2.43. The van der Waals surface area contributed by atoms with Gasteiger partial charge in [-0.05, 0) is 44.6 Å².